The lowest BCUT2D eigenvalue weighted by Gasteiger charge is -2.33. The third-order valence-corrected chi connectivity index (χ3v) is 13.2. The number of rotatable bonds is 2. The molecule has 11 aromatic carbocycles. The van der Waals surface area contributed by atoms with Crippen molar-refractivity contribution in [2.45, 2.75) is 5.41 Å². The van der Waals surface area contributed by atoms with E-state index in [0.717, 1.165) is 0 Å². The third kappa shape index (κ3) is 3.87. The van der Waals surface area contributed by atoms with Crippen molar-refractivity contribution in [3.63, 3.8) is 0 Å². The summed E-state index contributed by atoms with van der Waals surface area (Å²) in [6, 6.07) is 77.6. The average Bonchev–Trinajstić information content (AvgIpc) is 3.76. The fraction of sp³-hybridized carbons (Fsp3) is 0.0175. The van der Waals surface area contributed by atoms with Crippen LogP contribution >= 0.6 is 0 Å². The summed E-state index contributed by atoms with van der Waals surface area (Å²) in [5, 5.41) is 12.9. The van der Waals surface area contributed by atoms with E-state index in [1.165, 1.54) is 121 Å². The van der Waals surface area contributed by atoms with E-state index in [4.69, 9.17) is 0 Å². The molecule has 13 rings (SSSR count). The van der Waals surface area contributed by atoms with Gasteiger partial charge in [0.2, 0.25) is 0 Å². The Morgan fingerprint density at radius 2 is 0.614 bits per heavy atom. The summed E-state index contributed by atoms with van der Waals surface area (Å²) in [7, 11) is 0. The van der Waals surface area contributed by atoms with Crippen molar-refractivity contribution in [3.05, 3.63) is 229 Å². The summed E-state index contributed by atoms with van der Waals surface area (Å²) in [5.74, 6) is 0. The first-order chi connectivity index (χ1) is 28.3. The van der Waals surface area contributed by atoms with Gasteiger partial charge in [0, 0.05) is 0 Å². The standard InChI is InChI=1S/C57H34/c1-2-18-35(19-3-1)52-42-26-8-10-28-44(42)53(45-29-11-9-27-43(45)52)48-34-49-54-41-25-7-4-20-36(41)37-21-5-13-31-47(37)56(54)57(55(49)46-30-12-6-22-38(46)48)50-32-16-14-23-39(50)40-24-15-17-33-51(40)57/h1-34H. The van der Waals surface area contributed by atoms with Crippen LogP contribution < -0.4 is 0 Å². The van der Waals surface area contributed by atoms with Crippen molar-refractivity contribution in [2.75, 3.05) is 0 Å². The molecule has 0 aromatic heterocycles. The molecular weight excluding hydrogens is 685 g/mol. The van der Waals surface area contributed by atoms with Crippen LogP contribution in [0.3, 0.4) is 0 Å². The Morgan fingerprint density at radius 3 is 1.18 bits per heavy atom. The van der Waals surface area contributed by atoms with Crippen molar-refractivity contribution in [3.8, 4) is 44.5 Å². The second-order valence-corrected chi connectivity index (χ2v) is 15.8. The number of hydrogen-bond donors (Lipinski definition) is 0. The molecule has 2 aliphatic carbocycles. The van der Waals surface area contributed by atoms with Crippen molar-refractivity contribution < 1.29 is 0 Å². The summed E-state index contributed by atoms with van der Waals surface area (Å²) in [4.78, 5) is 0. The Morgan fingerprint density at radius 1 is 0.228 bits per heavy atom. The highest BCUT2D eigenvalue weighted by atomic mass is 14.5. The number of benzene rings is 11. The molecule has 0 heterocycles. The van der Waals surface area contributed by atoms with E-state index in [9.17, 15) is 0 Å². The minimum Gasteiger partial charge on any atom is -0.0622 e. The van der Waals surface area contributed by atoms with Gasteiger partial charge in [-0.25, -0.2) is 0 Å². The summed E-state index contributed by atoms with van der Waals surface area (Å²) >= 11 is 0. The van der Waals surface area contributed by atoms with E-state index in [1.54, 1.807) is 0 Å². The fourth-order valence-corrected chi connectivity index (χ4v) is 11.2. The van der Waals surface area contributed by atoms with E-state index in [2.05, 4.69) is 206 Å². The van der Waals surface area contributed by atoms with Crippen LogP contribution in [0.25, 0.3) is 98.4 Å². The second kappa shape index (κ2) is 11.4. The normalized spacial score (nSPS) is 13.4. The molecular formula is C57H34. The summed E-state index contributed by atoms with van der Waals surface area (Å²) in [6.45, 7) is 0. The fourth-order valence-electron chi connectivity index (χ4n) is 11.2. The van der Waals surface area contributed by atoms with E-state index in [0.29, 0.717) is 0 Å². The van der Waals surface area contributed by atoms with Crippen LogP contribution in [0.4, 0.5) is 0 Å². The molecule has 0 atom stereocenters. The zero-order chi connectivity index (χ0) is 37.2. The average molecular weight is 719 g/mol. The highest BCUT2D eigenvalue weighted by Crippen LogP contribution is 2.67. The summed E-state index contributed by atoms with van der Waals surface area (Å²) < 4.78 is 0. The lowest BCUT2D eigenvalue weighted by molar-refractivity contribution is 0.809. The van der Waals surface area contributed by atoms with Crippen LogP contribution in [0, 0.1) is 0 Å². The zero-order valence-corrected chi connectivity index (χ0v) is 31.1. The first-order valence-electron chi connectivity index (χ1n) is 20.0. The number of fused-ring (bicyclic) bond motifs is 19. The van der Waals surface area contributed by atoms with Gasteiger partial charge >= 0.3 is 0 Å². The molecule has 0 unspecified atom stereocenters. The molecule has 0 fully saturated rings. The molecule has 0 saturated heterocycles. The predicted molar refractivity (Wildman–Crippen MR) is 241 cm³/mol. The van der Waals surface area contributed by atoms with Crippen molar-refractivity contribution in [1.82, 2.24) is 0 Å². The molecule has 0 aliphatic heterocycles. The van der Waals surface area contributed by atoms with E-state index < -0.39 is 5.41 Å². The summed E-state index contributed by atoms with van der Waals surface area (Å²) in [6.07, 6.45) is 0. The van der Waals surface area contributed by atoms with Crippen molar-refractivity contribution in [1.29, 1.82) is 0 Å². The Bertz CT molecular complexity index is 3410. The second-order valence-electron chi connectivity index (χ2n) is 15.8. The molecule has 11 aromatic rings. The van der Waals surface area contributed by atoms with E-state index in [-0.39, 0.29) is 0 Å². The predicted octanol–water partition coefficient (Wildman–Crippen LogP) is 15.1. The van der Waals surface area contributed by atoms with Gasteiger partial charge in [-0.2, -0.15) is 0 Å². The van der Waals surface area contributed by atoms with Crippen LogP contribution in [0.15, 0.2) is 206 Å². The Kier molecular flexibility index (Phi) is 6.19. The van der Waals surface area contributed by atoms with Gasteiger partial charge in [0.05, 0.1) is 5.41 Å². The van der Waals surface area contributed by atoms with Gasteiger partial charge in [-0.05, 0) is 127 Å². The molecule has 0 bridgehead atoms. The molecule has 57 heavy (non-hydrogen) atoms. The Hall–Kier alpha value is -7.28. The van der Waals surface area contributed by atoms with E-state index >= 15 is 0 Å². The molecule has 0 amide bonds. The largest absolute Gasteiger partial charge is 0.0737 e. The maximum Gasteiger partial charge on any atom is 0.0737 e. The van der Waals surface area contributed by atoms with Crippen molar-refractivity contribution >= 4 is 53.9 Å². The van der Waals surface area contributed by atoms with Gasteiger partial charge in [0.25, 0.3) is 0 Å². The summed E-state index contributed by atoms with van der Waals surface area (Å²) in [5.41, 5.74) is 15.4. The lowest BCUT2D eigenvalue weighted by Crippen LogP contribution is -2.26. The first-order valence-corrected chi connectivity index (χ1v) is 20.0. The first kappa shape index (κ1) is 31.0. The highest BCUT2D eigenvalue weighted by Gasteiger charge is 2.54. The lowest BCUT2D eigenvalue weighted by atomic mass is 9.68. The number of hydrogen-bond acceptors (Lipinski definition) is 0. The molecule has 0 saturated carbocycles. The molecule has 2 aliphatic rings. The van der Waals surface area contributed by atoms with Gasteiger partial charge in [0.15, 0.2) is 0 Å². The molecule has 0 heteroatoms. The van der Waals surface area contributed by atoms with Crippen LogP contribution in [-0.4, -0.2) is 0 Å². The molecule has 0 radical (unpaired) electrons. The molecule has 262 valence electrons. The van der Waals surface area contributed by atoms with Crippen LogP contribution in [0.2, 0.25) is 0 Å². The highest BCUT2D eigenvalue weighted by molar-refractivity contribution is 6.27. The maximum atomic E-state index is 2.59. The van der Waals surface area contributed by atoms with Crippen LogP contribution in [0.1, 0.15) is 22.3 Å². The quantitative estimate of drug-likeness (QED) is 0.123. The minimum atomic E-state index is -0.513. The molecule has 0 N–H and O–H groups in total. The maximum absolute atomic E-state index is 2.59. The van der Waals surface area contributed by atoms with Gasteiger partial charge in [-0.1, -0.05) is 200 Å². The molecule has 1 spiro atoms. The SMILES string of the molecule is c1ccc(-c2c3ccccc3c(-c3cc4c(c5ccccc35)C3(c5ccccc5-c5ccccc53)c3c-4c4ccccc4c4ccccc34)c3ccccc23)cc1. The van der Waals surface area contributed by atoms with Gasteiger partial charge in [0.1, 0.15) is 0 Å². The Balaban J connectivity index is 1.28. The Labute approximate surface area is 330 Å². The van der Waals surface area contributed by atoms with Crippen molar-refractivity contribution in [2.24, 2.45) is 0 Å². The topological polar surface area (TPSA) is 0 Å². The smallest absolute Gasteiger partial charge is 0.0622 e. The third-order valence-electron chi connectivity index (χ3n) is 13.2. The van der Waals surface area contributed by atoms with Gasteiger partial charge < -0.3 is 0 Å². The minimum absolute atomic E-state index is 0.513. The zero-order valence-electron chi connectivity index (χ0n) is 31.1. The van der Waals surface area contributed by atoms with E-state index in [1.807, 2.05) is 0 Å². The van der Waals surface area contributed by atoms with Gasteiger partial charge in [-0.15, -0.1) is 0 Å². The van der Waals surface area contributed by atoms with Crippen LogP contribution in [0.5, 0.6) is 0 Å². The monoisotopic (exact) mass is 718 g/mol. The van der Waals surface area contributed by atoms with Crippen LogP contribution in [-0.2, 0) is 5.41 Å². The van der Waals surface area contributed by atoms with Gasteiger partial charge in [-0.3, -0.25) is 0 Å². The molecule has 0 nitrogen and oxygen atoms in total.